The van der Waals surface area contributed by atoms with E-state index in [1.165, 1.54) is 0 Å². The summed E-state index contributed by atoms with van der Waals surface area (Å²) in [6, 6.07) is 7.66. The van der Waals surface area contributed by atoms with E-state index in [0.29, 0.717) is 12.2 Å². The molecule has 0 radical (unpaired) electrons. The van der Waals surface area contributed by atoms with E-state index >= 15 is 0 Å². The number of aliphatic hydroxyl groups is 1. The van der Waals surface area contributed by atoms with Gasteiger partial charge in [-0.05, 0) is 17.7 Å². The van der Waals surface area contributed by atoms with Crippen LogP contribution in [0, 0.1) is 0 Å². The zero-order chi connectivity index (χ0) is 10.8. The van der Waals surface area contributed by atoms with Crippen molar-refractivity contribution in [3.8, 4) is 0 Å². The second-order valence-electron chi connectivity index (χ2n) is 3.32. The van der Waals surface area contributed by atoms with E-state index in [0.717, 1.165) is 14.8 Å². The van der Waals surface area contributed by atoms with Crippen molar-refractivity contribution in [1.29, 1.82) is 0 Å². The fraction of sp³-hybridized carbons (Fsp3) is 0.182. The van der Waals surface area contributed by atoms with Crippen molar-refractivity contribution in [2.75, 3.05) is 0 Å². The molecule has 1 aliphatic heterocycles. The number of benzene rings is 1. The Kier molecular flexibility index (Phi) is 3.34. The first kappa shape index (κ1) is 11.0. The molecule has 78 valence electrons. The Morgan fingerprint density at radius 1 is 1.33 bits per heavy atom. The standard InChI is InChI=1S/C11H9ClOS2/c12-8-3-1-7(2-4-8)10-5-9(13)6-11(14)15-10/h1-4,6,10,13H,5H2. The van der Waals surface area contributed by atoms with Gasteiger partial charge in [0.05, 0.1) is 9.96 Å². The lowest BCUT2D eigenvalue weighted by atomic mass is 10.1. The molecule has 0 spiro atoms. The van der Waals surface area contributed by atoms with Gasteiger partial charge < -0.3 is 5.11 Å². The third-order valence-corrected chi connectivity index (χ3v) is 3.91. The number of halogens is 1. The number of hydrogen-bond donors (Lipinski definition) is 1. The average molecular weight is 257 g/mol. The maximum Gasteiger partial charge on any atom is 0.0956 e. The summed E-state index contributed by atoms with van der Waals surface area (Å²) in [6.45, 7) is 0. The molecule has 1 aliphatic rings. The van der Waals surface area contributed by atoms with Gasteiger partial charge in [-0.15, -0.1) is 11.8 Å². The van der Waals surface area contributed by atoms with Crippen LogP contribution in [0.1, 0.15) is 17.2 Å². The molecule has 1 heterocycles. The quantitative estimate of drug-likeness (QED) is 0.757. The molecule has 0 amide bonds. The van der Waals surface area contributed by atoms with E-state index in [1.807, 2.05) is 24.3 Å². The molecule has 1 unspecified atom stereocenters. The van der Waals surface area contributed by atoms with Crippen molar-refractivity contribution >= 4 is 39.8 Å². The number of rotatable bonds is 1. The van der Waals surface area contributed by atoms with Crippen LogP contribution >= 0.6 is 35.6 Å². The van der Waals surface area contributed by atoms with Gasteiger partial charge in [0.2, 0.25) is 0 Å². The van der Waals surface area contributed by atoms with Gasteiger partial charge >= 0.3 is 0 Å². The Bertz CT molecular complexity index is 411. The minimum atomic E-state index is 0.208. The number of aliphatic hydroxyl groups excluding tert-OH is 1. The number of thiocarbonyl (C=S) groups is 1. The van der Waals surface area contributed by atoms with Crippen LogP contribution in [0.4, 0.5) is 0 Å². The maximum atomic E-state index is 9.50. The Morgan fingerprint density at radius 2 is 2.00 bits per heavy atom. The minimum Gasteiger partial charge on any atom is -0.512 e. The molecule has 0 bridgehead atoms. The number of allylic oxidation sites excluding steroid dienone is 1. The van der Waals surface area contributed by atoms with Crippen LogP contribution in [-0.4, -0.2) is 9.30 Å². The van der Waals surface area contributed by atoms with Crippen molar-refractivity contribution in [2.45, 2.75) is 11.7 Å². The fourth-order valence-corrected chi connectivity index (χ4v) is 3.11. The van der Waals surface area contributed by atoms with Crippen LogP contribution in [0.2, 0.25) is 5.02 Å². The average Bonchev–Trinajstić information content (AvgIpc) is 2.17. The highest BCUT2D eigenvalue weighted by Gasteiger charge is 2.20. The molecule has 0 saturated heterocycles. The molecule has 0 aliphatic carbocycles. The maximum absolute atomic E-state index is 9.50. The van der Waals surface area contributed by atoms with Crippen LogP contribution in [0.25, 0.3) is 0 Å². The molecule has 2 rings (SSSR count). The SMILES string of the molecule is OC1=CC(=S)SC(c2ccc(Cl)cc2)C1. The van der Waals surface area contributed by atoms with Gasteiger partial charge in [0.25, 0.3) is 0 Å². The summed E-state index contributed by atoms with van der Waals surface area (Å²) >= 11 is 12.5. The summed E-state index contributed by atoms with van der Waals surface area (Å²) in [5.74, 6) is 0.360. The van der Waals surface area contributed by atoms with Crippen molar-refractivity contribution in [3.05, 3.63) is 46.7 Å². The van der Waals surface area contributed by atoms with E-state index < -0.39 is 0 Å². The summed E-state index contributed by atoms with van der Waals surface area (Å²) in [6.07, 6.45) is 2.28. The lowest BCUT2D eigenvalue weighted by Crippen LogP contribution is -2.05. The fourth-order valence-electron chi connectivity index (χ4n) is 1.46. The first-order valence-corrected chi connectivity index (χ1v) is 6.17. The summed E-state index contributed by atoms with van der Waals surface area (Å²) in [5, 5.41) is 10.4. The molecule has 1 atom stereocenters. The second-order valence-corrected chi connectivity index (χ2v) is 5.70. The van der Waals surface area contributed by atoms with Gasteiger partial charge in [-0.2, -0.15) is 0 Å². The predicted octanol–water partition coefficient (Wildman–Crippen LogP) is 4.29. The molecule has 1 N–H and O–H groups in total. The zero-order valence-corrected chi connectivity index (χ0v) is 10.2. The van der Waals surface area contributed by atoms with Crippen molar-refractivity contribution in [2.24, 2.45) is 0 Å². The molecule has 4 heteroatoms. The highest BCUT2D eigenvalue weighted by atomic mass is 35.5. The lowest BCUT2D eigenvalue weighted by molar-refractivity contribution is 0.387. The van der Waals surface area contributed by atoms with Gasteiger partial charge in [0.1, 0.15) is 0 Å². The van der Waals surface area contributed by atoms with Gasteiger partial charge in [-0.25, -0.2) is 0 Å². The minimum absolute atomic E-state index is 0.208. The predicted molar refractivity (Wildman–Crippen MR) is 69.7 cm³/mol. The summed E-state index contributed by atoms with van der Waals surface area (Å²) in [7, 11) is 0. The number of hydrogen-bond acceptors (Lipinski definition) is 3. The summed E-state index contributed by atoms with van der Waals surface area (Å²) in [5.41, 5.74) is 1.14. The molecule has 0 aromatic heterocycles. The van der Waals surface area contributed by atoms with E-state index in [-0.39, 0.29) is 5.25 Å². The van der Waals surface area contributed by atoms with Gasteiger partial charge in [0, 0.05) is 22.8 Å². The molecule has 1 aromatic rings. The topological polar surface area (TPSA) is 20.2 Å². The van der Waals surface area contributed by atoms with Crippen molar-refractivity contribution in [1.82, 2.24) is 0 Å². The molecule has 15 heavy (non-hydrogen) atoms. The van der Waals surface area contributed by atoms with Crippen molar-refractivity contribution < 1.29 is 5.11 Å². The van der Waals surface area contributed by atoms with E-state index in [1.54, 1.807) is 17.8 Å². The monoisotopic (exact) mass is 256 g/mol. The third-order valence-electron chi connectivity index (χ3n) is 2.18. The highest BCUT2D eigenvalue weighted by Crippen LogP contribution is 2.39. The number of thioether (sulfide) groups is 1. The first-order valence-electron chi connectivity index (χ1n) is 4.51. The summed E-state index contributed by atoms with van der Waals surface area (Å²) in [4.78, 5) is 0. The molecular weight excluding hydrogens is 248 g/mol. The van der Waals surface area contributed by atoms with Crippen LogP contribution in [-0.2, 0) is 0 Å². The molecule has 0 saturated carbocycles. The zero-order valence-electron chi connectivity index (χ0n) is 7.81. The van der Waals surface area contributed by atoms with Crippen LogP contribution in [0.3, 0.4) is 0 Å². The van der Waals surface area contributed by atoms with E-state index in [9.17, 15) is 5.11 Å². The van der Waals surface area contributed by atoms with E-state index in [4.69, 9.17) is 23.8 Å². The lowest BCUT2D eigenvalue weighted by Gasteiger charge is -2.20. The van der Waals surface area contributed by atoms with Crippen LogP contribution in [0.15, 0.2) is 36.1 Å². The first-order chi connectivity index (χ1) is 7.15. The Balaban J connectivity index is 2.22. The van der Waals surface area contributed by atoms with E-state index in [2.05, 4.69) is 0 Å². The second kappa shape index (κ2) is 4.56. The van der Waals surface area contributed by atoms with Gasteiger partial charge in [0.15, 0.2) is 0 Å². The smallest absolute Gasteiger partial charge is 0.0956 e. The molecule has 0 fully saturated rings. The Morgan fingerprint density at radius 3 is 2.60 bits per heavy atom. The Hall–Kier alpha value is -0.510. The van der Waals surface area contributed by atoms with Crippen LogP contribution in [0.5, 0.6) is 0 Å². The molecule has 1 aromatic carbocycles. The molecule has 1 nitrogen and oxygen atoms in total. The Labute approximate surface area is 103 Å². The van der Waals surface area contributed by atoms with Gasteiger partial charge in [-0.1, -0.05) is 36.0 Å². The van der Waals surface area contributed by atoms with Crippen molar-refractivity contribution in [3.63, 3.8) is 0 Å². The van der Waals surface area contributed by atoms with Crippen LogP contribution < -0.4 is 0 Å². The highest BCUT2D eigenvalue weighted by molar-refractivity contribution is 8.23. The summed E-state index contributed by atoms with van der Waals surface area (Å²) < 4.78 is 0.735. The largest absolute Gasteiger partial charge is 0.512 e. The normalized spacial score (nSPS) is 21.3. The molecular formula is C11H9ClOS2. The van der Waals surface area contributed by atoms with Gasteiger partial charge in [-0.3, -0.25) is 0 Å². The third kappa shape index (κ3) is 2.74.